The summed E-state index contributed by atoms with van der Waals surface area (Å²) in [7, 11) is 0. The average Bonchev–Trinajstić information content (AvgIpc) is 2.46. The van der Waals surface area contributed by atoms with Crippen LogP contribution in [-0.4, -0.2) is 29.2 Å². The number of hydrogen-bond donors (Lipinski definition) is 2. The summed E-state index contributed by atoms with van der Waals surface area (Å²) in [6.45, 7) is 4.05. The highest BCUT2D eigenvalue weighted by Gasteiger charge is 2.23. The van der Waals surface area contributed by atoms with Gasteiger partial charge in [-0.2, -0.15) is 0 Å². The van der Waals surface area contributed by atoms with Gasteiger partial charge in [-0.1, -0.05) is 6.07 Å². The molecule has 1 aromatic carbocycles. The Balaban J connectivity index is 1.90. The molecule has 1 unspecified atom stereocenters. The SMILES string of the molecule is CC(N)C1CCN(c2nccc3ccc(O)cc23)CC1. The van der Waals surface area contributed by atoms with Crippen LogP contribution in [0, 0.1) is 5.92 Å². The Morgan fingerprint density at radius 1 is 1.30 bits per heavy atom. The van der Waals surface area contributed by atoms with Crippen LogP contribution in [0.3, 0.4) is 0 Å². The van der Waals surface area contributed by atoms with Crippen molar-refractivity contribution in [3.05, 3.63) is 30.5 Å². The third-order valence-corrected chi connectivity index (χ3v) is 4.31. The van der Waals surface area contributed by atoms with E-state index < -0.39 is 0 Å². The largest absolute Gasteiger partial charge is 0.508 e. The zero-order valence-electron chi connectivity index (χ0n) is 11.8. The van der Waals surface area contributed by atoms with Gasteiger partial charge in [-0.3, -0.25) is 0 Å². The smallest absolute Gasteiger partial charge is 0.136 e. The Bertz CT molecular complexity index is 604. The number of pyridine rings is 1. The van der Waals surface area contributed by atoms with Gasteiger partial charge < -0.3 is 15.7 Å². The minimum absolute atomic E-state index is 0.265. The van der Waals surface area contributed by atoms with E-state index in [0.717, 1.165) is 42.5 Å². The molecule has 3 N–H and O–H groups in total. The van der Waals surface area contributed by atoms with Crippen LogP contribution in [0.4, 0.5) is 5.82 Å². The van der Waals surface area contributed by atoms with Crippen molar-refractivity contribution in [1.82, 2.24) is 4.98 Å². The summed E-state index contributed by atoms with van der Waals surface area (Å²) in [4.78, 5) is 6.83. The van der Waals surface area contributed by atoms with Crippen molar-refractivity contribution in [2.45, 2.75) is 25.8 Å². The van der Waals surface area contributed by atoms with Crippen molar-refractivity contribution in [3.8, 4) is 5.75 Å². The number of fused-ring (bicyclic) bond motifs is 1. The third kappa shape index (κ3) is 2.43. The lowest BCUT2D eigenvalue weighted by atomic mass is 9.91. The van der Waals surface area contributed by atoms with Crippen molar-refractivity contribution in [2.75, 3.05) is 18.0 Å². The summed E-state index contributed by atoms with van der Waals surface area (Å²) in [6.07, 6.45) is 4.05. The lowest BCUT2D eigenvalue weighted by molar-refractivity contribution is 0.354. The predicted molar refractivity (Wildman–Crippen MR) is 82.0 cm³/mol. The highest BCUT2D eigenvalue weighted by atomic mass is 16.3. The van der Waals surface area contributed by atoms with Gasteiger partial charge >= 0.3 is 0 Å². The molecule has 3 rings (SSSR count). The fourth-order valence-corrected chi connectivity index (χ4v) is 3.03. The zero-order valence-corrected chi connectivity index (χ0v) is 11.8. The molecule has 1 aliphatic rings. The summed E-state index contributed by atoms with van der Waals surface area (Å²) in [5, 5.41) is 11.8. The zero-order chi connectivity index (χ0) is 14.1. The van der Waals surface area contributed by atoms with Crippen molar-refractivity contribution in [1.29, 1.82) is 0 Å². The van der Waals surface area contributed by atoms with Crippen molar-refractivity contribution >= 4 is 16.6 Å². The minimum atomic E-state index is 0.265. The normalized spacial score (nSPS) is 18.4. The number of aromatic hydroxyl groups is 1. The molecule has 0 spiro atoms. The number of hydrogen-bond acceptors (Lipinski definition) is 4. The van der Waals surface area contributed by atoms with Crippen molar-refractivity contribution in [2.24, 2.45) is 11.7 Å². The molecule has 4 nitrogen and oxygen atoms in total. The molecule has 1 saturated heterocycles. The van der Waals surface area contributed by atoms with E-state index in [-0.39, 0.29) is 11.8 Å². The van der Waals surface area contributed by atoms with E-state index in [2.05, 4.69) is 16.8 Å². The van der Waals surface area contributed by atoms with Gasteiger partial charge in [0, 0.05) is 30.7 Å². The average molecular weight is 271 g/mol. The highest BCUT2D eigenvalue weighted by molar-refractivity contribution is 5.93. The lowest BCUT2D eigenvalue weighted by Crippen LogP contribution is -2.40. The van der Waals surface area contributed by atoms with E-state index in [0.29, 0.717) is 5.92 Å². The summed E-state index contributed by atoms with van der Waals surface area (Å²) in [5.74, 6) is 1.87. The number of anilines is 1. The third-order valence-electron chi connectivity index (χ3n) is 4.31. The highest BCUT2D eigenvalue weighted by Crippen LogP contribution is 2.30. The topological polar surface area (TPSA) is 62.4 Å². The van der Waals surface area contributed by atoms with Crippen LogP contribution in [0.15, 0.2) is 30.5 Å². The second kappa shape index (κ2) is 5.29. The number of aromatic nitrogens is 1. The van der Waals surface area contributed by atoms with Gasteiger partial charge in [0.15, 0.2) is 0 Å². The van der Waals surface area contributed by atoms with E-state index in [1.165, 1.54) is 0 Å². The molecule has 0 bridgehead atoms. The Hall–Kier alpha value is -1.81. The fraction of sp³-hybridized carbons (Fsp3) is 0.438. The van der Waals surface area contributed by atoms with Gasteiger partial charge in [-0.05, 0) is 49.3 Å². The van der Waals surface area contributed by atoms with E-state index in [9.17, 15) is 5.11 Å². The molecular formula is C16H21N3O. The number of piperidine rings is 1. The molecular weight excluding hydrogens is 250 g/mol. The molecule has 2 heterocycles. The molecule has 0 radical (unpaired) electrons. The first-order valence-electron chi connectivity index (χ1n) is 7.23. The van der Waals surface area contributed by atoms with Gasteiger partial charge in [0.05, 0.1) is 0 Å². The molecule has 1 atom stereocenters. The Labute approximate surface area is 119 Å². The molecule has 1 aliphatic heterocycles. The van der Waals surface area contributed by atoms with E-state index >= 15 is 0 Å². The van der Waals surface area contributed by atoms with Crippen LogP contribution in [0.1, 0.15) is 19.8 Å². The maximum Gasteiger partial charge on any atom is 0.136 e. The van der Waals surface area contributed by atoms with Gasteiger partial charge in [0.1, 0.15) is 11.6 Å². The van der Waals surface area contributed by atoms with Crippen LogP contribution in [0.5, 0.6) is 5.75 Å². The van der Waals surface area contributed by atoms with Gasteiger partial charge in [0.25, 0.3) is 0 Å². The van der Waals surface area contributed by atoms with Crippen LogP contribution in [0.2, 0.25) is 0 Å². The molecule has 0 aliphatic carbocycles. The second-order valence-electron chi connectivity index (χ2n) is 5.72. The van der Waals surface area contributed by atoms with E-state index in [1.54, 1.807) is 12.1 Å². The molecule has 2 aromatic rings. The summed E-state index contributed by atoms with van der Waals surface area (Å²) in [5.41, 5.74) is 5.99. The number of phenols is 1. The van der Waals surface area contributed by atoms with Crippen LogP contribution >= 0.6 is 0 Å². The molecule has 106 valence electrons. The second-order valence-corrected chi connectivity index (χ2v) is 5.72. The maximum atomic E-state index is 9.71. The summed E-state index contributed by atoms with van der Waals surface area (Å²) < 4.78 is 0. The fourth-order valence-electron chi connectivity index (χ4n) is 3.03. The summed E-state index contributed by atoms with van der Waals surface area (Å²) >= 11 is 0. The first-order valence-corrected chi connectivity index (χ1v) is 7.23. The molecule has 20 heavy (non-hydrogen) atoms. The van der Waals surface area contributed by atoms with Crippen LogP contribution in [0.25, 0.3) is 10.8 Å². The van der Waals surface area contributed by atoms with Crippen LogP contribution < -0.4 is 10.6 Å². The van der Waals surface area contributed by atoms with Gasteiger partial charge in [0.2, 0.25) is 0 Å². The van der Waals surface area contributed by atoms with Gasteiger partial charge in [-0.25, -0.2) is 4.98 Å². The molecule has 1 aromatic heterocycles. The van der Waals surface area contributed by atoms with E-state index in [4.69, 9.17) is 5.73 Å². The number of rotatable bonds is 2. The number of nitrogens with two attached hydrogens (primary N) is 1. The first-order chi connectivity index (χ1) is 9.65. The maximum absolute atomic E-state index is 9.71. The molecule has 4 heteroatoms. The van der Waals surface area contributed by atoms with Crippen LogP contribution in [-0.2, 0) is 0 Å². The molecule has 0 saturated carbocycles. The number of nitrogens with zero attached hydrogens (tertiary/aromatic N) is 2. The standard InChI is InChI=1S/C16H21N3O/c1-11(17)12-5-8-19(9-6-12)16-15-10-14(20)3-2-13(15)4-7-18-16/h2-4,7,10-12,20H,5-6,8-9,17H2,1H3. The lowest BCUT2D eigenvalue weighted by Gasteiger charge is -2.35. The molecule has 0 amide bonds. The van der Waals surface area contributed by atoms with Crippen molar-refractivity contribution in [3.63, 3.8) is 0 Å². The van der Waals surface area contributed by atoms with Crippen molar-refractivity contribution < 1.29 is 5.11 Å². The van der Waals surface area contributed by atoms with Gasteiger partial charge in [-0.15, -0.1) is 0 Å². The summed E-state index contributed by atoms with van der Waals surface area (Å²) in [6, 6.07) is 7.70. The monoisotopic (exact) mass is 271 g/mol. The Kier molecular flexibility index (Phi) is 3.49. The molecule has 1 fully saturated rings. The number of benzene rings is 1. The Morgan fingerprint density at radius 2 is 2.05 bits per heavy atom. The Morgan fingerprint density at radius 3 is 2.75 bits per heavy atom. The van der Waals surface area contributed by atoms with E-state index in [1.807, 2.05) is 18.3 Å². The number of phenolic OH excluding ortho intramolecular Hbond substituents is 1. The quantitative estimate of drug-likeness (QED) is 0.881. The minimum Gasteiger partial charge on any atom is -0.508 e. The first kappa shape index (κ1) is 13.2. The predicted octanol–water partition coefficient (Wildman–Crippen LogP) is 2.50.